The van der Waals surface area contributed by atoms with E-state index in [0.29, 0.717) is 38.5 Å². The lowest BCUT2D eigenvalue weighted by Crippen LogP contribution is -2.50. The van der Waals surface area contributed by atoms with Gasteiger partial charge in [0.05, 0.1) is 9.58 Å². The number of fused-ring (bicyclic) bond motifs is 1. The lowest BCUT2D eigenvalue weighted by molar-refractivity contribution is -0.133. The summed E-state index contributed by atoms with van der Waals surface area (Å²) in [5.41, 5.74) is 0. The van der Waals surface area contributed by atoms with Gasteiger partial charge in [0.1, 0.15) is 4.83 Å². The number of piperazine rings is 1. The molecule has 0 atom stereocenters. The number of thiophene rings is 1. The number of nitrogens with zero attached hydrogens (tertiary/aromatic N) is 4. The first-order valence-electron chi connectivity index (χ1n) is 9.66. The molecule has 0 spiro atoms. The second kappa shape index (κ2) is 7.75. The minimum absolute atomic E-state index is 0.0690. The molecule has 6 nitrogen and oxygen atoms in total. The third-order valence-electron chi connectivity index (χ3n) is 5.53. The summed E-state index contributed by atoms with van der Waals surface area (Å²) in [6.07, 6.45) is 5.62. The molecule has 1 saturated carbocycles. The van der Waals surface area contributed by atoms with E-state index in [4.69, 9.17) is 0 Å². The Labute approximate surface area is 167 Å². The zero-order valence-corrected chi connectivity index (χ0v) is 17.6. The molecule has 3 heterocycles. The van der Waals surface area contributed by atoms with Gasteiger partial charge in [0.2, 0.25) is 5.91 Å². The standard InChI is InChI=1S/C19H26N4O2S2/c1-21(2)19-20-17-14(27-19)12-15(26-17)18(25)23-9-7-22(8-10-23)16(24)11-13-5-3-4-6-13/h12-13H,3-11H2,1-2H3. The molecule has 0 N–H and O–H groups in total. The van der Waals surface area contributed by atoms with Crippen LogP contribution in [-0.2, 0) is 4.79 Å². The van der Waals surface area contributed by atoms with Gasteiger partial charge in [-0.3, -0.25) is 9.59 Å². The zero-order chi connectivity index (χ0) is 19.0. The molecule has 1 saturated heterocycles. The number of rotatable bonds is 4. The number of carbonyl (C=O) groups excluding carboxylic acids is 2. The van der Waals surface area contributed by atoms with Gasteiger partial charge in [0, 0.05) is 46.7 Å². The van der Waals surface area contributed by atoms with Crippen LogP contribution in [0.25, 0.3) is 9.53 Å². The van der Waals surface area contributed by atoms with Crippen molar-refractivity contribution >= 4 is 49.1 Å². The van der Waals surface area contributed by atoms with E-state index in [1.807, 2.05) is 34.9 Å². The Balaban J connectivity index is 1.34. The van der Waals surface area contributed by atoms with Crippen LogP contribution in [-0.4, -0.2) is 66.9 Å². The summed E-state index contributed by atoms with van der Waals surface area (Å²) in [6.45, 7) is 2.55. The molecule has 2 aliphatic rings. The van der Waals surface area contributed by atoms with E-state index in [1.54, 1.807) is 11.3 Å². The monoisotopic (exact) mass is 406 g/mol. The molecule has 146 valence electrons. The molecule has 0 aromatic carbocycles. The molecule has 1 aliphatic carbocycles. The minimum Gasteiger partial charge on any atom is -0.354 e. The average molecular weight is 407 g/mol. The highest BCUT2D eigenvalue weighted by molar-refractivity contribution is 7.29. The highest BCUT2D eigenvalue weighted by Gasteiger charge is 2.28. The quantitative estimate of drug-likeness (QED) is 0.782. The highest BCUT2D eigenvalue weighted by Crippen LogP contribution is 2.34. The van der Waals surface area contributed by atoms with E-state index in [2.05, 4.69) is 4.98 Å². The van der Waals surface area contributed by atoms with Crippen molar-refractivity contribution in [3.8, 4) is 0 Å². The van der Waals surface area contributed by atoms with Crippen molar-refractivity contribution in [2.75, 3.05) is 45.2 Å². The van der Waals surface area contributed by atoms with Crippen molar-refractivity contribution in [2.45, 2.75) is 32.1 Å². The van der Waals surface area contributed by atoms with Crippen LogP contribution in [0.1, 0.15) is 41.8 Å². The fourth-order valence-electron chi connectivity index (χ4n) is 3.93. The molecule has 2 amide bonds. The summed E-state index contributed by atoms with van der Waals surface area (Å²) in [6, 6.07) is 1.96. The number of carbonyl (C=O) groups is 2. The molecular formula is C19H26N4O2S2. The van der Waals surface area contributed by atoms with Gasteiger partial charge >= 0.3 is 0 Å². The van der Waals surface area contributed by atoms with E-state index in [-0.39, 0.29) is 11.8 Å². The maximum absolute atomic E-state index is 12.8. The molecule has 2 fully saturated rings. The van der Waals surface area contributed by atoms with Crippen molar-refractivity contribution in [3.05, 3.63) is 10.9 Å². The van der Waals surface area contributed by atoms with Crippen molar-refractivity contribution < 1.29 is 9.59 Å². The number of aromatic nitrogens is 1. The Morgan fingerprint density at radius 3 is 2.41 bits per heavy atom. The average Bonchev–Trinajstić information content (AvgIpc) is 3.37. The maximum atomic E-state index is 12.8. The molecule has 0 radical (unpaired) electrons. The molecule has 4 rings (SSSR count). The van der Waals surface area contributed by atoms with Crippen LogP contribution in [0.4, 0.5) is 5.13 Å². The van der Waals surface area contributed by atoms with Crippen molar-refractivity contribution in [1.29, 1.82) is 0 Å². The van der Waals surface area contributed by atoms with Gasteiger partial charge in [-0.1, -0.05) is 24.2 Å². The zero-order valence-electron chi connectivity index (χ0n) is 15.9. The van der Waals surface area contributed by atoms with Crippen LogP contribution in [0.5, 0.6) is 0 Å². The fraction of sp³-hybridized carbons (Fsp3) is 0.632. The van der Waals surface area contributed by atoms with Gasteiger partial charge in [-0.05, 0) is 24.8 Å². The molecule has 2 aromatic heterocycles. The molecule has 0 bridgehead atoms. The summed E-state index contributed by atoms with van der Waals surface area (Å²) in [5.74, 6) is 0.918. The molecule has 8 heteroatoms. The predicted octanol–water partition coefficient (Wildman–Crippen LogP) is 3.29. The summed E-state index contributed by atoms with van der Waals surface area (Å²) in [4.78, 5) is 37.4. The van der Waals surface area contributed by atoms with E-state index < -0.39 is 0 Å². The van der Waals surface area contributed by atoms with Crippen molar-refractivity contribution in [3.63, 3.8) is 0 Å². The Kier molecular flexibility index (Phi) is 5.36. The predicted molar refractivity (Wildman–Crippen MR) is 111 cm³/mol. The first-order valence-corrected chi connectivity index (χ1v) is 11.3. The third-order valence-corrected chi connectivity index (χ3v) is 7.85. The second-order valence-electron chi connectivity index (χ2n) is 7.70. The Morgan fingerprint density at radius 2 is 1.78 bits per heavy atom. The van der Waals surface area contributed by atoms with E-state index in [0.717, 1.165) is 19.5 Å². The van der Waals surface area contributed by atoms with E-state index >= 15 is 0 Å². The summed E-state index contributed by atoms with van der Waals surface area (Å²) in [7, 11) is 3.95. The summed E-state index contributed by atoms with van der Waals surface area (Å²) in [5, 5.41) is 0.963. The smallest absolute Gasteiger partial charge is 0.264 e. The maximum Gasteiger partial charge on any atom is 0.264 e. The van der Waals surface area contributed by atoms with Crippen LogP contribution >= 0.6 is 22.7 Å². The van der Waals surface area contributed by atoms with Gasteiger partial charge in [0.15, 0.2) is 5.13 Å². The number of thiazole rings is 1. The first kappa shape index (κ1) is 18.7. The fourth-order valence-corrected chi connectivity index (χ4v) is 6.03. The van der Waals surface area contributed by atoms with Gasteiger partial charge in [0.25, 0.3) is 5.91 Å². The second-order valence-corrected chi connectivity index (χ2v) is 9.74. The van der Waals surface area contributed by atoms with Crippen LogP contribution in [0, 0.1) is 5.92 Å². The summed E-state index contributed by atoms with van der Waals surface area (Å²) < 4.78 is 1.07. The van der Waals surface area contributed by atoms with Crippen molar-refractivity contribution in [2.24, 2.45) is 5.92 Å². The lowest BCUT2D eigenvalue weighted by atomic mass is 10.0. The van der Waals surface area contributed by atoms with Crippen LogP contribution in [0.15, 0.2) is 6.07 Å². The summed E-state index contributed by atoms with van der Waals surface area (Å²) >= 11 is 3.08. The molecular weight excluding hydrogens is 380 g/mol. The van der Waals surface area contributed by atoms with Crippen LogP contribution in [0.3, 0.4) is 0 Å². The Bertz CT molecular complexity index is 798. The van der Waals surface area contributed by atoms with Crippen molar-refractivity contribution in [1.82, 2.24) is 14.8 Å². The third kappa shape index (κ3) is 3.96. The van der Waals surface area contributed by atoms with E-state index in [1.165, 1.54) is 37.0 Å². The topological polar surface area (TPSA) is 56.8 Å². The Morgan fingerprint density at radius 1 is 1.11 bits per heavy atom. The first-order chi connectivity index (χ1) is 13.0. The normalized spacial score (nSPS) is 18.4. The van der Waals surface area contributed by atoms with Crippen LogP contribution in [0.2, 0.25) is 0 Å². The molecule has 0 unspecified atom stereocenters. The number of anilines is 1. The van der Waals surface area contributed by atoms with Gasteiger partial charge in [-0.2, -0.15) is 0 Å². The SMILES string of the molecule is CN(C)c1nc2sc(C(=O)N3CCN(C(=O)CC4CCCC4)CC3)cc2s1. The largest absolute Gasteiger partial charge is 0.354 e. The molecule has 2 aromatic rings. The van der Waals surface area contributed by atoms with Gasteiger partial charge < -0.3 is 14.7 Å². The number of hydrogen-bond acceptors (Lipinski definition) is 6. The Hall–Kier alpha value is -1.67. The highest BCUT2D eigenvalue weighted by atomic mass is 32.1. The molecule has 1 aliphatic heterocycles. The van der Waals surface area contributed by atoms with Gasteiger partial charge in [-0.25, -0.2) is 4.98 Å². The number of amides is 2. The minimum atomic E-state index is 0.0690. The van der Waals surface area contributed by atoms with E-state index in [9.17, 15) is 9.59 Å². The van der Waals surface area contributed by atoms with Crippen LogP contribution < -0.4 is 4.90 Å². The lowest BCUT2D eigenvalue weighted by Gasteiger charge is -2.35. The number of hydrogen-bond donors (Lipinski definition) is 0. The van der Waals surface area contributed by atoms with Gasteiger partial charge in [-0.15, -0.1) is 11.3 Å². The molecule has 27 heavy (non-hydrogen) atoms.